The maximum absolute atomic E-state index is 12.3. The fraction of sp³-hybridized carbons (Fsp3) is 0.391. The molecule has 3 N–H and O–H groups in total. The number of rotatable bonds is 6. The Hall–Kier alpha value is -3.06. The topological polar surface area (TPSA) is 98.6 Å². The number of hydrogen-bond acceptors (Lipinski definition) is 4. The van der Waals surface area contributed by atoms with Crippen LogP contribution in [0.25, 0.3) is 22.2 Å². The van der Waals surface area contributed by atoms with Gasteiger partial charge in [-0.2, -0.15) is 0 Å². The first-order valence-electron chi connectivity index (χ1n) is 10.3. The smallest absolute Gasteiger partial charge is 0.345 e. The van der Waals surface area contributed by atoms with Gasteiger partial charge in [0.1, 0.15) is 5.75 Å². The number of nitrogens with zero attached hydrogens (tertiary/aromatic N) is 2. The Labute approximate surface area is 174 Å². The molecule has 158 valence electrons. The summed E-state index contributed by atoms with van der Waals surface area (Å²) in [6.45, 7) is 2.69. The van der Waals surface area contributed by atoms with Crippen LogP contribution in [0.3, 0.4) is 0 Å². The van der Waals surface area contributed by atoms with Crippen molar-refractivity contribution >= 4 is 16.9 Å². The van der Waals surface area contributed by atoms with Gasteiger partial charge < -0.3 is 19.8 Å². The predicted molar refractivity (Wildman–Crippen MR) is 116 cm³/mol. The van der Waals surface area contributed by atoms with Crippen molar-refractivity contribution in [2.45, 2.75) is 45.2 Å². The molecule has 1 aliphatic rings. The molecule has 7 nitrogen and oxygen atoms in total. The second-order valence-electron chi connectivity index (χ2n) is 8.16. The molecule has 1 saturated carbocycles. The Bertz CT molecular complexity index is 1190. The number of carboxylic acid groups (broad SMARTS) is 1. The molecule has 0 saturated heterocycles. The van der Waals surface area contributed by atoms with Crippen molar-refractivity contribution in [2.24, 2.45) is 7.05 Å². The number of aromatic amines is 1. The van der Waals surface area contributed by atoms with Gasteiger partial charge in [-0.25, -0.2) is 4.79 Å². The number of H-pyrrole nitrogens is 1. The van der Waals surface area contributed by atoms with E-state index in [9.17, 15) is 19.8 Å². The minimum absolute atomic E-state index is 0.391. The quantitative estimate of drug-likeness (QED) is 0.579. The average Bonchev–Trinajstić information content (AvgIpc) is 2.94. The van der Waals surface area contributed by atoms with Crippen LogP contribution in [0.15, 0.2) is 29.1 Å². The number of aromatic nitrogens is 2. The number of aromatic carboxylic acids is 1. The summed E-state index contributed by atoms with van der Waals surface area (Å²) < 4.78 is 2.18. The van der Waals surface area contributed by atoms with Crippen LogP contribution in [-0.2, 0) is 20.0 Å². The van der Waals surface area contributed by atoms with Crippen LogP contribution in [0.5, 0.6) is 5.75 Å². The lowest BCUT2D eigenvalue weighted by molar-refractivity contribution is 0.0691. The summed E-state index contributed by atoms with van der Waals surface area (Å²) in [6.07, 6.45) is 4.21. The van der Waals surface area contributed by atoms with Crippen molar-refractivity contribution in [3.8, 4) is 17.0 Å². The molecule has 2 heterocycles. The molecule has 1 aliphatic carbocycles. The number of aromatic hydroxyl groups is 1. The normalized spacial score (nSPS) is 14.4. The number of benzene rings is 1. The minimum atomic E-state index is -1.44. The van der Waals surface area contributed by atoms with Crippen molar-refractivity contribution in [1.82, 2.24) is 14.5 Å². The van der Waals surface area contributed by atoms with Gasteiger partial charge in [0.15, 0.2) is 5.56 Å². The highest BCUT2D eigenvalue weighted by molar-refractivity contribution is 5.92. The third kappa shape index (κ3) is 3.29. The van der Waals surface area contributed by atoms with Gasteiger partial charge >= 0.3 is 5.97 Å². The molecule has 0 atom stereocenters. The molecule has 3 aromatic rings. The van der Waals surface area contributed by atoms with Crippen LogP contribution in [0.4, 0.5) is 0 Å². The SMILES string of the molecule is CCc1c(-c2ccc3c(c2)cc(CN(C)C2CCC2)n3C)[nH]c(=O)c(C(=O)O)c1O. The number of carbonyl (C=O) groups is 1. The highest BCUT2D eigenvalue weighted by atomic mass is 16.4. The molecular weight excluding hydrogens is 382 g/mol. The maximum Gasteiger partial charge on any atom is 0.345 e. The van der Waals surface area contributed by atoms with Crippen molar-refractivity contribution in [3.63, 3.8) is 0 Å². The van der Waals surface area contributed by atoms with E-state index in [1.165, 1.54) is 25.0 Å². The zero-order valence-corrected chi connectivity index (χ0v) is 17.5. The van der Waals surface area contributed by atoms with Crippen molar-refractivity contribution in [3.05, 3.63) is 51.4 Å². The summed E-state index contributed by atoms with van der Waals surface area (Å²) in [6, 6.07) is 8.69. The van der Waals surface area contributed by atoms with E-state index in [2.05, 4.69) is 34.6 Å². The molecular formula is C23H27N3O4. The van der Waals surface area contributed by atoms with Crippen molar-refractivity contribution in [2.75, 3.05) is 7.05 Å². The van der Waals surface area contributed by atoms with Crippen molar-refractivity contribution < 1.29 is 15.0 Å². The number of carboxylic acids is 1. The Morgan fingerprint density at radius 3 is 2.63 bits per heavy atom. The van der Waals surface area contributed by atoms with E-state index in [-0.39, 0.29) is 0 Å². The van der Waals surface area contributed by atoms with E-state index >= 15 is 0 Å². The van der Waals surface area contributed by atoms with Gasteiger partial charge in [0.05, 0.1) is 5.69 Å². The molecule has 0 radical (unpaired) electrons. The van der Waals surface area contributed by atoms with Gasteiger partial charge in [-0.15, -0.1) is 0 Å². The van der Waals surface area contributed by atoms with Gasteiger partial charge in [0.2, 0.25) is 0 Å². The van der Waals surface area contributed by atoms with Gasteiger partial charge in [0.25, 0.3) is 5.56 Å². The van der Waals surface area contributed by atoms with Crippen molar-refractivity contribution in [1.29, 1.82) is 0 Å². The third-order valence-electron chi connectivity index (χ3n) is 6.40. The zero-order valence-electron chi connectivity index (χ0n) is 17.5. The number of hydrogen-bond donors (Lipinski definition) is 3. The highest BCUT2D eigenvalue weighted by Gasteiger charge is 2.24. The molecule has 0 unspecified atom stereocenters. The Morgan fingerprint density at radius 2 is 2.03 bits per heavy atom. The molecule has 2 aromatic heterocycles. The van der Waals surface area contributed by atoms with Crippen LogP contribution >= 0.6 is 0 Å². The van der Waals surface area contributed by atoms with E-state index < -0.39 is 22.8 Å². The van der Waals surface area contributed by atoms with Crippen LogP contribution < -0.4 is 5.56 Å². The molecule has 1 aromatic carbocycles. The van der Waals surface area contributed by atoms with Crippen LogP contribution in [-0.4, -0.2) is 43.7 Å². The maximum atomic E-state index is 12.3. The van der Waals surface area contributed by atoms with E-state index in [1.54, 1.807) is 0 Å². The van der Waals surface area contributed by atoms with Crippen LogP contribution in [0.2, 0.25) is 0 Å². The molecule has 7 heteroatoms. The first-order valence-corrected chi connectivity index (χ1v) is 10.3. The van der Waals surface area contributed by atoms with Gasteiger partial charge in [-0.1, -0.05) is 19.4 Å². The lowest BCUT2D eigenvalue weighted by atomic mass is 9.92. The van der Waals surface area contributed by atoms with E-state index in [4.69, 9.17) is 0 Å². The molecule has 0 bridgehead atoms. The predicted octanol–water partition coefficient (Wildman–Crippen LogP) is 3.48. The second kappa shape index (κ2) is 7.65. The molecule has 0 aliphatic heterocycles. The highest BCUT2D eigenvalue weighted by Crippen LogP contribution is 2.33. The molecule has 0 amide bonds. The van der Waals surface area contributed by atoms with Gasteiger partial charge in [0, 0.05) is 41.8 Å². The number of nitrogens with one attached hydrogen (secondary N) is 1. The molecule has 0 spiro atoms. The summed E-state index contributed by atoms with van der Waals surface area (Å²) in [5, 5.41) is 20.7. The Balaban J connectivity index is 1.77. The Kier molecular flexibility index (Phi) is 5.15. The minimum Gasteiger partial charge on any atom is -0.506 e. The summed E-state index contributed by atoms with van der Waals surface area (Å²) >= 11 is 0. The third-order valence-corrected chi connectivity index (χ3v) is 6.40. The summed E-state index contributed by atoms with van der Waals surface area (Å²) in [5.74, 6) is -1.89. The zero-order chi connectivity index (χ0) is 21.6. The van der Waals surface area contributed by atoms with Crippen LogP contribution in [0, 0.1) is 0 Å². The van der Waals surface area contributed by atoms with E-state index in [1.807, 2.05) is 25.1 Å². The largest absolute Gasteiger partial charge is 0.506 e. The standard InChI is InChI=1S/C23H27N3O4/c1-4-17-20(24-22(28)19(21(17)27)23(29)30)13-8-9-18-14(10-13)11-16(26(18)3)12-25(2)15-6-5-7-15/h8-11,15H,4-7,12H2,1-3H3,(H,29,30)(H2,24,27,28). The molecule has 1 fully saturated rings. The second-order valence-corrected chi connectivity index (χ2v) is 8.16. The average molecular weight is 409 g/mol. The first-order chi connectivity index (χ1) is 14.3. The molecule has 30 heavy (non-hydrogen) atoms. The fourth-order valence-corrected chi connectivity index (χ4v) is 4.34. The fourth-order valence-electron chi connectivity index (χ4n) is 4.34. The van der Waals surface area contributed by atoms with Crippen LogP contribution in [0.1, 0.15) is 47.8 Å². The summed E-state index contributed by atoms with van der Waals surface area (Å²) in [5.41, 5.74) is 2.51. The lowest BCUT2D eigenvalue weighted by Crippen LogP contribution is -2.36. The number of pyridine rings is 1. The molecule has 4 rings (SSSR count). The van der Waals surface area contributed by atoms with Gasteiger partial charge in [-0.3, -0.25) is 9.69 Å². The van der Waals surface area contributed by atoms with E-state index in [0.717, 1.165) is 23.0 Å². The number of aryl methyl sites for hydroxylation is 1. The Morgan fingerprint density at radius 1 is 1.30 bits per heavy atom. The summed E-state index contributed by atoms with van der Waals surface area (Å²) in [7, 11) is 4.22. The monoisotopic (exact) mass is 409 g/mol. The lowest BCUT2D eigenvalue weighted by Gasteiger charge is -2.34. The van der Waals surface area contributed by atoms with Gasteiger partial charge in [-0.05, 0) is 50.1 Å². The summed E-state index contributed by atoms with van der Waals surface area (Å²) in [4.78, 5) is 28.7. The number of fused-ring (bicyclic) bond motifs is 1. The van der Waals surface area contributed by atoms with E-state index in [0.29, 0.717) is 23.7 Å². The first kappa shape index (κ1) is 20.2.